The zero-order valence-electron chi connectivity index (χ0n) is 17.6. The fraction of sp³-hybridized carbons (Fsp3) is 0.524. The van der Waals surface area contributed by atoms with E-state index in [1.807, 2.05) is 30.6 Å². The Kier molecular flexibility index (Phi) is 8.18. The number of nitrogens with zero attached hydrogens (tertiary/aromatic N) is 3. The topological polar surface area (TPSA) is 128 Å². The van der Waals surface area contributed by atoms with Gasteiger partial charge in [-0.15, -0.1) is 0 Å². The van der Waals surface area contributed by atoms with Gasteiger partial charge in [-0.3, -0.25) is 9.59 Å². The van der Waals surface area contributed by atoms with Crippen LogP contribution in [0.2, 0.25) is 0 Å². The molecule has 0 saturated carbocycles. The van der Waals surface area contributed by atoms with E-state index < -0.39 is 12.6 Å². The minimum absolute atomic E-state index is 0.178. The molecule has 1 aromatic rings. The molecule has 1 aliphatic heterocycles. The number of carbonyl (C=O) groups excluding carboxylic acids is 3. The Hall–Kier alpha value is -3.12. The third-order valence-corrected chi connectivity index (χ3v) is 5.35. The molecule has 0 radical (unpaired) electrons. The van der Waals surface area contributed by atoms with Crippen molar-refractivity contribution in [3.05, 3.63) is 28.6 Å². The van der Waals surface area contributed by atoms with E-state index in [1.54, 1.807) is 7.11 Å². The second-order valence-corrected chi connectivity index (χ2v) is 7.27. The van der Waals surface area contributed by atoms with Gasteiger partial charge in [0.1, 0.15) is 11.6 Å². The first-order valence-electron chi connectivity index (χ1n) is 9.80. The van der Waals surface area contributed by atoms with Crippen LogP contribution in [-0.4, -0.2) is 60.7 Å². The molecule has 0 aliphatic carbocycles. The van der Waals surface area contributed by atoms with Crippen molar-refractivity contribution in [1.82, 2.24) is 9.47 Å². The fourth-order valence-corrected chi connectivity index (χ4v) is 3.50. The highest BCUT2D eigenvalue weighted by atomic mass is 16.5. The summed E-state index contributed by atoms with van der Waals surface area (Å²) in [7, 11) is 1.63. The summed E-state index contributed by atoms with van der Waals surface area (Å²) < 4.78 is 12.2. The Morgan fingerprint density at radius 2 is 1.97 bits per heavy atom. The molecule has 2 rings (SSSR count). The maximum atomic E-state index is 12.3. The zero-order chi connectivity index (χ0) is 22.3. The number of hydrogen-bond acceptors (Lipinski definition) is 6. The molecular formula is C21H28N4O5. The summed E-state index contributed by atoms with van der Waals surface area (Å²) in [6, 6.07) is 3.73. The Morgan fingerprint density at radius 1 is 1.30 bits per heavy atom. The highest BCUT2D eigenvalue weighted by Gasteiger charge is 2.26. The number of nitrogens with two attached hydrogens (primary N) is 1. The maximum absolute atomic E-state index is 12.3. The zero-order valence-corrected chi connectivity index (χ0v) is 17.6. The van der Waals surface area contributed by atoms with E-state index in [-0.39, 0.29) is 23.3 Å². The van der Waals surface area contributed by atoms with Gasteiger partial charge in [0.15, 0.2) is 6.61 Å². The third kappa shape index (κ3) is 5.70. The van der Waals surface area contributed by atoms with Crippen LogP contribution in [0.25, 0.3) is 6.08 Å². The molecule has 162 valence electrons. The minimum atomic E-state index is -0.848. The van der Waals surface area contributed by atoms with Gasteiger partial charge in [-0.1, -0.05) is 0 Å². The van der Waals surface area contributed by atoms with Crippen molar-refractivity contribution in [1.29, 1.82) is 5.26 Å². The van der Waals surface area contributed by atoms with E-state index in [9.17, 15) is 19.6 Å². The van der Waals surface area contributed by atoms with Crippen molar-refractivity contribution in [2.45, 2.75) is 33.2 Å². The van der Waals surface area contributed by atoms with Crippen molar-refractivity contribution in [3.8, 4) is 6.07 Å². The first-order valence-corrected chi connectivity index (χ1v) is 9.80. The predicted octanol–water partition coefficient (Wildman–Crippen LogP) is 0.925. The molecule has 9 nitrogen and oxygen atoms in total. The quantitative estimate of drug-likeness (QED) is 0.381. The van der Waals surface area contributed by atoms with Gasteiger partial charge in [0.25, 0.3) is 5.91 Å². The van der Waals surface area contributed by atoms with Gasteiger partial charge in [-0.25, -0.2) is 4.79 Å². The lowest BCUT2D eigenvalue weighted by atomic mass is 9.96. The highest BCUT2D eigenvalue weighted by molar-refractivity contribution is 5.99. The number of carbonyl (C=O) groups is 3. The number of esters is 1. The molecule has 2 N–H and O–H groups in total. The Labute approximate surface area is 176 Å². The van der Waals surface area contributed by atoms with Crippen LogP contribution in [0.15, 0.2) is 11.6 Å². The van der Waals surface area contributed by atoms with Gasteiger partial charge >= 0.3 is 5.97 Å². The molecule has 0 bridgehead atoms. The summed E-state index contributed by atoms with van der Waals surface area (Å²) in [5.74, 6) is -1.80. The Bertz CT molecular complexity index is 873. The lowest BCUT2D eigenvalue weighted by Crippen LogP contribution is -2.43. The van der Waals surface area contributed by atoms with Gasteiger partial charge in [0, 0.05) is 44.0 Å². The summed E-state index contributed by atoms with van der Waals surface area (Å²) in [6.45, 7) is 5.36. The van der Waals surface area contributed by atoms with Crippen LogP contribution in [0.3, 0.4) is 0 Å². The number of ether oxygens (including phenoxy) is 2. The third-order valence-electron chi connectivity index (χ3n) is 5.35. The van der Waals surface area contributed by atoms with Gasteiger partial charge in [-0.05, 0) is 44.4 Å². The Balaban J connectivity index is 1.98. The summed E-state index contributed by atoms with van der Waals surface area (Å²) in [4.78, 5) is 37.3. The maximum Gasteiger partial charge on any atom is 0.349 e. The van der Waals surface area contributed by atoms with Gasteiger partial charge in [0.2, 0.25) is 5.91 Å². The minimum Gasteiger partial charge on any atom is -0.451 e. The molecular weight excluding hydrogens is 388 g/mol. The number of likely N-dealkylation sites (tertiary alicyclic amines) is 1. The van der Waals surface area contributed by atoms with E-state index in [4.69, 9.17) is 15.2 Å². The van der Waals surface area contributed by atoms with Crippen LogP contribution in [0, 0.1) is 31.1 Å². The number of rotatable bonds is 8. The lowest BCUT2D eigenvalue weighted by Gasteiger charge is -2.30. The first kappa shape index (κ1) is 23.2. The number of amides is 2. The monoisotopic (exact) mass is 416 g/mol. The second-order valence-electron chi connectivity index (χ2n) is 7.27. The van der Waals surface area contributed by atoms with Crippen molar-refractivity contribution >= 4 is 23.9 Å². The standard InChI is InChI=1S/C21H28N4O5/c1-14-10-17(15(2)25(14)8-9-29-3)11-18(12-22)21(28)30-13-19(26)24-6-4-16(5-7-24)20(23)27/h10-11,16H,4-9,13H2,1-3H3,(H2,23,27)/b18-11+. The SMILES string of the molecule is COCCn1c(C)cc(/C=C(\C#N)C(=O)OCC(=O)N2CCC(C(N)=O)CC2)c1C. The van der Waals surface area contributed by atoms with E-state index in [2.05, 4.69) is 0 Å². The molecule has 0 spiro atoms. The number of methoxy groups -OCH3 is 1. The van der Waals surface area contributed by atoms with Crippen LogP contribution in [0.4, 0.5) is 0 Å². The van der Waals surface area contributed by atoms with Crippen LogP contribution < -0.4 is 5.73 Å². The number of aryl methyl sites for hydroxylation is 1. The average Bonchev–Trinajstić information content (AvgIpc) is 3.00. The number of hydrogen-bond donors (Lipinski definition) is 1. The molecule has 9 heteroatoms. The Morgan fingerprint density at radius 3 is 2.53 bits per heavy atom. The van der Waals surface area contributed by atoms with Gasteiger partial charge in [-0.2, -0.15) is 5.26 Å². The van der Waals surface area contributed by atoms with Crippen LogP contribution in [0.1, 0.15) is 29.8 Å². The van der Waals surface area contributed by atoms with Crippen molar-refractivity contribution in [3.63, 3.8) is 0 Å². The summed E-state index contributed by atoms with van der Waals surface area (Å²) >= 11 is 0. The van der Waals surface area contributed by atoms with E-state index >= 15 is 0 Å². The van der Waals surface area contributed by atoms with Crippen molar-refractivity contribution < 1.29 is 23.9 Å². The predicted molar refractivity (Wildman–Crippen MR) is 109 cm³/mol. The van der Waals surface area contributed by atoms with E-state index in [0.29, 0.717) is 39.1 Å². The van der Waals surface area contributed by atoms with Gasteiger partial charge in [0.05, 0.1) is 6.61 Å². The van der Waals surface area contributed by atoms with Gasteiger partial charge < -0.3 is 24.7 Å². The van der Waals surface area contributed by atoms with E-state index in [1.165, 1.54) is 11.0 Å². The van der Waals surface area contributed by atoms with E-state index in [0.717, 1.165) is 17.0 Å². The molecule has 0 unspecified atom stereocenters. The van der Waals surface area contributed by atoms with Crippen LogP contribution in [-0.2, 0) is 30.4 Å². The summed E-state index contributed by atoms with van der Waals surface area (Å²) in [5, 5.41) is 9.38. The van der Waals surface area contributed by atoms with Crippen molar-refractivity contribution in [2.24, 2.45) is 11.7 Å². The molecule has 0 aromatic carbocycles. The normalized spacial score (nSPS) is 15.0. The largest absolute Gasteiger partial charge is 0.451 e. The van der Waals surface area contributed by atoms with Crippen molar-refractivity contribution in [2.75, 3.05) is 33.4 Å². The number of piperidine rings is 1. The lowest BCUT2D eigenvalue weighted by molar-refractivity contribution is -0.149. The number of nitriles is 1. The molecule has 1 aromatic heterocycles. The average molecular weight is 416 g/mol. The summed E-state index contributed by atoms with van der Waals surface area (Å²) in [6.07, 6.45) is 2.46. The molecule has 1 fully saturated rings. The van der Waals surface area contributed by atoms with Crippen LogP contribution >= 0.6 is 0 Å². The smallest absolute Gasteiger partial charge is 0.349 e. The number of aromatic nitrogens is 1. The fourth-order valence-electron chi connectivity index (χ4n) is 3.50. The highest BCUT2D eigenvalue weighted by Crippen LogP contribution is 2.19. The molecule has 2 amide bonds. The molecule has 30 heavy (non-hydrogen) atoms. The molecule has 0 atom stereocenters. The number of primary amides is 1. The second kappa shape index (κ2) is 10.6. The first-order chi connectivity index (χ1) is 14.3. The summed E-state index contributed by atoms with van der Waals surface area (Å²) in [5.41, 5.74) is 7.73. The van der Waals surface area contributed by atoms with Crippen LogP contribution in [0.5, 0.6) is 0 Å². The molecule has 1 aliphatic rings. The molecule has 2 heterocycles. The molecule has 1 saturated heterocycles.